The standard InChI is InChI=1S/C14H17FN4O/c1-3-12-11(8-19(2)18-12)13(14(16)20)17-10-6-4-5-9(15)7-10/h4-8,13,17H,3H2,1-2H3,(H2,16,20). The molecule has 0 radical (unpaired) electrons. The molecular weight excluding hydrogens is 259 g/mol. The number of aromatic nitrogens is 2. The van der Waals surface area contributed by atoms with Crippen molar-refractivity contribution in [2.45, 2.75) is 19.4 Å². The lowest BCUT2D eigenvalue weighted by atomic mass is 10.1. The number of hydrogen-bond acceptors (Lipinski definition) is 3. The van der Waals surface area contributed by atoms with E-state index in [1.165, 1.54) is 12.1 Å². The van der Waals surface area contributed by atoms with Crippen LogP contribution in [-0.2, 0) is 18.3 Å². The highest BCUT2D eigenvalue weighted by Gasteiger charge is 2.23. The fourth-order valence-electron chi connectivity index (χ4n) is 2.12. The molecule has 0 spiro atoms. The van der Waals surface area contributed by atoms with Crippen LogP contribution in [0, 0.1) is 5.82 Å². The second-order valence-corrected chi connectivity index (χ2v) is 4.55. The molecule has 5 nitrogen and oxygen atoms in total. The third-order valence-corrected chi connectivity index (χ3v) is 3.00. The Hall–Kier alpha value is -2.37. The number of nitrogens with two attached hydrogens (primary N) is 1. The van der Waals surface area contributed by atoms with Gasteiger partial charge >= 0.3 is 0 Å². The summed E-state index contributed by atoms with van der Waals surface area (Å²) in [5, 5.41) is 7.24. The van der Waals surface area contributed by atoms with Crippen LogP contribution in [0.25, 0.3) is 0 Å². The molecule has 2 aromatic rings. The van der Waals surface area contributed by atoms with Crippen molar-refractivity contribution >= 4 is 11.6 Å². The quantitative estimate of drug-likeness (QED) is 0.874. The minimum atomic E-state index is -0.736. The molecule has 1 unspecified atom stereocenters. The summed E-state index contributed by atoms with van der Waals surface area (Å²) in [6.07, 6.45) is 2.44. The summed E-state index contributed by atoms with van der Waals surface area (Å²) in [5.74, 6) is -0.905. The van der Waals surface area contributed by atoms with Gasteiger partial charge in [0.15, 0.2) is 0 Å². The molecule has 0 saturated heterocycles. The Balaban J connectivity index is 2.34. The van der Waals surface area contributed by atoms with Gasteiger partial charge in [0.2, 0.25) is 5.91 Å². The van der Waals surface area contributed by atoms with Crippen LogP contribution >= 0.6 is 0 Å². The first-order chi connectivity index (χ1) is 9.51. The van der Waals surface area contributed by atoms with Crippen LogP contribution in [0.2, 0.25) is 0 Å². The van der Waals surface area contributed by atoms with Crippen LogP contribution < -0.4 is 11.1 Å². The van der Waals surface area contributed by atoms with E-state index in [0.717, 1.165) is 5.69 Å². The summed E-state index contributed by atoms with van der Waals surface area (Å²) in [4.78, 5) is 11.7. The van der Waals surface area contributed by atoms with Crippen LogP contribution in [0.5, 0.6) is 0 Å². The maximum absolute atomic E-state index is 13.2. The Morgan fingerprint density at radius 3 is 2.90 bits per heavy atom. The molecule has 0 aliphatic carbocycles. The summed E-state index contributed by atoms with van der Waals surface area (Å²) in [6, 6.07) is 5.17. The Labute approximate surface area is 116 Å². The molecule has 0 bridgehead atoms. The molecule has 6 heteroatoms. The van der Waals surface area contributed by atoms with Crippen molar-refractivity contribution in [2.75, 3.05) is 5.32 Å². The lowest BCUT2D eigenvalue weighted by Crippen LogP contribution is -2.28. The van der Waals surface area contributed by atoms with Crippen molar-refractivity contribution in [3.63, 3.8) is 0 Å². The zero-order valence-electron chi connectivity index (χ0n) is 11.4. The minimum absolute atomic E-state index is 0.375. The van der Waals surface area contributed by atoms with Crippen LogP contribution in [0.1, 0.15) is 24.2 Å². The number of rotatable bonds is 5. The number of aryl methyl sites for hydroxylation is 2. The normalized spacial score (nSPS) is 12.2. The summed E-state index contributed by atoms with van der Waals surface area (Å²) in [6.45, 7) is 1.95. The zero-order valence-corrected chi connectivity index (χ0v) is 11.4. The predicted molar refractivity (Wildman–Crippen MR) is 74.5 cm³/mol. The molecule has 1 atom stereocenters. The smallest absolute Gasteiger partial charge is 0.244 e. The van der Waals surface area contributed by atoms with E-state index in [-0.39, 0.29) is 5.82 Å². The summed E-state index contributed by atoms with van der Waals surface area (Å²) in [7, 11) is 1.78. The van der Waals surface area contributed by atoms with Gasteiger partial charge in [0.25, 0.3) is 0 Å². The summed E-state index contributed by atoms with van der Waals surface area (Å²) >= 11 is 0. The lowest BCUT2D eigenvalue weighted by Gasteiger charge is -2.16. The SMILES string of the molecule is CCc1nn(C)cc1C(Nc1cccc(F)c1)C(N)=O. The van der Waals surface area contributed by atoms with Crippen LogP contribution in [0.4, 0.5) is 10.1 Å². The number of nitrogens with one attached hydrogen (secondary N) is 1. The number of benzene rings is 1. The maximum Gasteiger partial charge on any atom is 0.244 e. The number of carbonyl (C=O) groups excluding carboxylic acids is 1. The van der Waals surface area contributed by atoms with Gasteiger partial charge in [-0.05, 0) is 24.6 Å². The third kappa shape index (κ3) is 2.96. The van der Waals surface area contributed by atoms with E-state index in [4.69, 9.17) is 5.73 Å². The average Bonchev–Trinajstić information content (AvgIpc) is 2.76. The molecule has 3 N–H and O–H groups in total. The molecule has 1 aromatic carbocycles. The van der Waals surface area contributed by atoms with Crippen molar-refractivity contribution in [1.82, 2.24) is 9.78 Å². The number of primary amides is 1. The maximum atomic E-state index is 13.2. The van der Waals surface area contributed by atoms with Gasteiger partial charge in [-0.2, -0.15) is 5.10 Å². The Bertz CT molecular complexity index is 623. The molecule has 2 rings (SSSR count). The first-order valence-electron chi connectivity index (χ1n) is 6.35. The summed E-state index contributed by atoms with van der Waals surface area (Å²) < 4.78 is 14.8. The second-order valence-electron chi connectivity index (χ2n) is 4.55. The zero-order chi connectivity index (χ0) is 14.7. The number of halogens is 1. The van der Waals surface area contributed by atoms with E-state index in [2.05, 4.69) is 10.4 Å². The Morgan fingerprint density at radius 2 is 2.30 bits per heavy atom. The number of amides is 1. The van der Waals surface area contributed by atoms with E-state index in [9.17, 15) is 9.18 Å². The van der Waals surface area contributed by atoms with Gasteiger partial charge in [-0.3, -0.25) is 9.48 Å². The molecule has 20 heavy (non-hydrogen) atoms. The molecule has 1 heterocycles. The molecule has 0 fully saturated rings. The van der Waals surface area contributed by atoms with E-state index >= 15 is 0 Å². The summed E-state index contributed by atoms with van der Waals surface area (Å²) in [5.41, 5.74) is 7.46. The Kier molecular flexibility index (Phi) is 4.02. The topological polar surface area (TPSA) is 72.9 Å². The van der Waals surface area contributed by atoms with Gasteiger partial charge in [-0.15, -0.1) is 0 Å². The fourth-order valence-corrected chi connectivity index (χ4v) is 2.12. The monoisotopic (exact) mass is 276 g/mol. The van der Waals surface area contributed by atoms with Crippen LogP contribution in [-0.4, -0.2) is 15.7 Å². The highest BCUT2D eigenvalue weighted by Crippen LogP contribution is 2.22. The van der Waals surface area contributed by atoms with Gasteiger partial charge < -0.3 is 11.1 Å². The molecule has 106 valence electrons. The molecular formula is C14H17FN4O. The number of anilines is 1. The minimum Gasteiger partial charge on any atom is -0.370 e. The van der Waals surface area contributed by atoms with Gasteiger partial charge in [0.05, 0.1) is 5.69 Å². The van der Waals surface area contributed by atoms with Crippen molar-refractivity contribution in [3.05, 3.63) is 47.5 Å². The second kappa shape index (κ2) is 5.73. The molecule has 0 aliphatic heterocycles. The van der Waals surface area contributed by atoms with Gasteiger partial charge in [0.1, 0.15) is 11.9 Å². The van der Waals surface area contributed by atoms with E-state index in [0.29, 0.717) is 17.7 Å². The van der Waals surface area contributed by atoms with Gasteiger partial charge in [-0.1, -0.05) is 13.0 Å². The largest absolute Gasteiger partial charge is 0.370 e. The first kappa shape index (κ1) is 14.0. The van der Waals surface area contributed by atoms with Gasteiger partial charge in [0, 0.05) is 24.5 Å². The average molecular weight is 276 g/mol. The van der Waals surface area contributed by atoms with E-state index in [1.807, 2.05) is 6.92 Å². The number of hydrogen-bond donors (Lipinski definition) is 2. The molecule has 1 aromatic heterocycles. The van der Waals surface area contributed by atoms with Crippen molar-refractivity contribution in [3.8, 4) is 0 Å². The third-order valence-electron chi connectivity index (χ3n) is 3.00. The van der Waals surface area contributed by atoms with Gasteiger partial charge in [-0.25, -0.2) is 4.39 Å². The van der Waals surface area contributed by atoms with Crippen LogP contribution in [0.15, 0.2) is 30.5 Å². The van der Waals surface area contributed by atoms with E-state index < -0.39 is 11.9 Å². The van der Waals surface area contributed by atoms with E-state index in [1.54, 1.807) is 30.1 Å². The molecule has 0 saturated carbocycles. The van der Waals surface area contributed by atoms with Crippen LogP contribution in [0.3, 0.4) is 0 Å². The number of carbonyl (C=O) groups is 1. The lowest BCUT2D eigenvalue weighted by molar-refractivity contribution is -0.118. The van der Waals surface area contributed by atoms with Crippen molar-refractivity contribution < 1.29 is 9.18 Å². The highest BCUT2D eigenvalue weighted by molar-refractivity contribution is 5.84. The fraction of sp³-hybridized carbons (Fsp3) is 0.286. The van der Waals surface area contributed by atoms with Crippen molar-refractivity contribution in [2.24, 2.45) is 12.8 Å². The highest BCUT2D eigenvalue weighted by atomic mass is 19.1. The predicted octanol–water partition coefficient (Wildman–Crippen LogP) is 1.76. The number of nitrogens with zero attached hydrogens (tertiary/aromatic N) is 2. The molecule has 0 aliphatic rings. The Morgan fingerprint density at radius 1 is 1.55 bits per heavy atom. The van der Waals surface area contributed by atoms with Crippen molar-refractivity contribution in [1.29, 1.82) is 0 Å². The molecule has 1 amide bonds. The first-order valence-corrected chi connectivity index (χ1v) is 6.35.